The molecule has 0 saturated carbocycles. The average molecular weight is 1190 g/mol. The van der Waals surface area contributed by atoms with Gasteiger partial charge in [-0.1, -0.05) is 291 Å². The maximum Gasteiger partial charge on any atom is -0.000739 e. The molecule has 17 aromatic rings. The van der Waals surface area contributed by atoms with Gasteiger partial charge in [0.05, 0.1) is 0 Å². The van der Waals surface area contributed by atoms with Gasteiger partial charge in [0, 0.05) is 0 Å². The molecule has 19 rings (SSSR count). The molecule has 17 aromatic carbocycles. The van der Waals surface area contributed by atoms with Gasteiger partial charge in [0.1, 0.15) is 0 Å². The van der Waals surface area contributed by atoms with Crippen LogP contribution in [-0.2, 0) is 0 Å². The fraction of sp³-hybridized carbons (Fsp3) is 0. The summed E-state index contributed by atoms with van der Waals surface area (Å²) in [6, 6.07) is 132. The third-order valence-corrected chi connectivity index (χ3v) is 20.0. The summed E-state index contributed by atoms with van der Waals surface area (Å²) in [4.78, 5) is 0. The molecule has 94 heavy (non-hydrogen) atoms. The number of fused-ring (bicyclic) bond motifs is 5. The first-order valence-corrected chi connectivity index (χ1v) is 32.7. The van der Waals surface area contributed by atoms with Crippen molar-refractivity contribution in [3.8, 4) is 111 Å². The fourth-order valence-electron chi connectivity index (χ4n) is 15.9. The Kier molecular flexibility index (Phi) is 12.4. The molecule has 0 heteroatoms. The summed E-state index contributed by atoms with van der Waals surface area (Å²) < 4.78 is 0. The lowest BCUT2D eigenvalue weighted by Gasteiger charge is -2.19. The van der Waals surface area contributed by atoms with Crippen molar-refractivity contribution in [2.24, 2.45) is 0 Å². The maximum absolute atomic E-state index is 2.51. The summed E-state index contributed by atoms with van der Waals surface area (Å²) in [5, 5.41) is 20.0. The number of rotatable bonds is 10. The zero-order valence-electron chi connectivity index (χ0n) is 51.5. The Morgan fingerprint density at radius 1 is 0.128 bits per heavy atom. The summed E-state index contributed by atoms with van der Waals surface area (Å²) in [5.74, 6) is 0. The van der Waals surface area contributed by atoms with E-state index in [-0.39, 0.29) is 0 Å². The molecule has 0 heterocycles. The molecule has 0 bridgehead atoms. The van der Waals surface area contributed by atoms with Crippen molar-refractivity contribution in [1.29, 1.82) is 0 Å². The maximum atomic E-state index is 2.51. The van der Waals surface area contributed by atoms with Gasteiger partial charge in [-0.05, 0) is 257 Å². The third kappa shape index (κ3) is 8.61. The van der Waals surface area contributed by atoms with Crippen molar-refractivity contribution < 1.29 is 0 Å². The van der Waals surface area contributed by atoms with E-state index < -0.39 is 0 Å². The molecule has 0 nitrogen and oxygen atoms in total. The first-order chi connectivity index (χ1) is 46.6. The summed E-state index contributed by atoms with van der Waals surface area (Å²) in [5.41, 5.74) is 24.0. The highest BCUT2D eigenvalue weighted by atomic mass is 14.3. The minimum Gasteiger partial charge on any atom is -0.0622 e. The molecule has 2 aliphatic rings. The number of hydrogen-bond acceptors (Lipinski definition) is 0. The minimum atomic E-state index is 1.18. The molecule has 0 N–H and O–H groups in total. The van der Waals surface area contributed by atoms with Gasteiger partial charge in [0.2, 0.25) is 0 Å². The molecular formula is C94H58. The van der Waals surface area contributed by atoms with Crippen molar-refractivity contribution >= 4 is 43.1 Å². The molecule has 0 unspecified atom stereocenters. The standard InChI is InChI=1S/C94H58/c1-7-25-59(26-8-1)65-39-23-41-69(49-65)85-77-43-21-22-44-78(77)86(70-42-24-40-66(50-70)60-27-9-2-10-28-60)92-80-46-48-82-90-81(47-45-79(89(80)90)91(85)92)93-87(75-53-71(61-29-11-3-12-30-61)51-72(54-75)62-31-13-4-14-32-62)83-57-67-37-19-20-38-68(67)58-84(83)88(94(82)93)76-55-73(63-33-15-5-16-34-63)52-74(56-76)64-35-17-6-18-36-64/h1-58H. The molecule has 0 amide bonds. The van der Waals surface area contributed by atoms with Gasteiger partial charge < -0.3 is 0 Å². The molecule has 0 fully saturated rings. The Morgan fingerprint density at radius 2 is 0.351 bits per heavy atom. The molecule has 0 saturated heterocycles. The van der Waals surface area contributed by atoms with Crippen LogP contribution < -0.4 is 0 Å². The second-order valence-corrected chi connectivity index (χ2v) is 25.3. The van der Waals surface area contributed by atoms with E-state index in [1.807, 2.05) is 0 Å². The molecular weight excluding hydrogens is 1130 g/mol. The molecule has 0 spiro atoms. The highest BCUT2D eigenvalue weighted by Crippen LogP contribution is 2.49. The fourth-order valence-corrected chi connectivity index (χ4v) is 15.9. The quantitative estimate of drug-likeness (QED) is 0.120. The van der Waals surface area contributed by atoms with E-state index in [2.05, 4.69) is 352 Å². The second kappa shape index (κ2) is 21.7. The highest BCUT2D eigenvalue weighted by Gasteiger charge is 2.27. The Bertz CT molecular complexity index is 5900. The molecule has 434 valence electrons. The van der Waals surface area contributed by atoms with Gasteiger partial charge in [0.25, 0.3) is 0 Å². The van der Waals surface area contributed by atoms with Crippen LogP contribution in [0.15, 0.2) is 352 Å². The largest absolute Gasteiger partial charge is 0.0622 e. The predicted molar refractivity (Wildman–Crippen MR) is 394 cm³/mol. The summed E-state index contributed by atoms with van der Waals surface area (Å²) in [7, 11) is 0. The van der Waals surface area contributed by atoms with Gasteiger partial charge in [-0.2, -0.15) is 0 Å². The monoisotopic (exact) mass is 1190 g/mol. The lowest BCUT2D eigenvalue weighted by Crippen LogP contribution is -1.95. The minimum absolute atomic E-state index is 1.18. The van der Waals surface area contributed by atoms with Crippen molar-refractivity contribution in [3.05, 3.63) is 394 Å². The van der Waals surface area contributed by atoms with Gasteiger partial charge in [-0.15, -0.1) is 0 Å². The predicted octanol–water partition coefficient (Wildman–Crippen LogP) is 24.7. The third-order valence-electron chi connectivity index (χ3n) is 20.0. The Balaban J connectivity index is 1.05. The van der Waals surface area contributed by atoms with Crippen LogP contribution in [0.5, 0.6) is 0 Å². The van der Waals surface area contributed by atoms with E-state index in [1.54, 1.807) is 0 Å². The van der Waals surface area contributed by atoms with E-state index in [0.717, 1.165) is 0 Å². The van der Waals surface area contributed by atoms with Crippen LogP contribution in [0, 0.1) is 41.7 Å². The first-order valence-electron chi connectivity index (χ1n) is 32.7. The molecule has 0 atom stereocenters. The van der Waals surface area contributed by atoms with Crippen molar-refractivity contribution in [2.75, 3.05) is 0 Å². The van der Waals surface area contributed by atoms with E-state index in [1.165, 1.54) is 196 Å². The van der Waals surface area contributed by atoms with Crippen LogP contribution in [0.1, 0.15) is 0 Å². The summed E-state index contributed by atoms with van der Waals surface area (Å²) >= 11 is 0. The van der Waals surface area contributed by atoms with Crippen LogP contribution in [0.25, 0.3) is 154 Å². The van der Waals surface area contributed by atoms with E-state index in [0.29, 0.717) is 0 Å². The van der Waals surface area contributed by atoms with E-state index in [9.17, 15) is 0 Å². The Labute approximate surface area is 544 Å². The molecule has 0 aromatic heterocycles. The molecule has 0 aliphatic heterocycles. The van der Waals surface area contributed by atoms with Crippen LogP contribution in [-0.4, -0.2) is 0 Å². The number of benzene rings is 17. The van der Waals surface area contributed by atoms with Crippen molar-refractivity contribution in [2.45, 2.75) is 0 Å². The highest BCUT2D eigenvalue weighted by molar-refractivity contribution is 6.14. The lowest BCUT2D eigenvalue weighted by molar-refractivity contribution is 1.47. The van der Waals surface area contributed by atoms with Gasteiger partial charge >= 0.3 is 0 Å². The summed E-state index contributed by atoms with van der Waals surface area (Å²) in [6.45, 7) is 0. The van der Waals surface area contributed by atoms with Crippen molar-refractivity contribution in [1.82, 2.24) is 0 Å². The van der Waals surface area contributed by atoms with E-state index in [4.69, 9.17) is 0 Å². The van der Waals surface area contributed by atoms with E-state index >= 15 is 0 Å². The lowest BCUT2D eigenvalue weighted by atomic mass is 9.84. The summed E-state index contributed by atoms with van der Waals surface area (Å²) in [6.07, 6.45) is 0. The topological polar surface area (TPSA) is 0 Å². The van der Waals surface area contributed by atoms with Crippen LogP contribution in [0.2, 0.25) is 0 Å². The second-order valence-electron chi connectivity index (χ2n) is 25.3. The van der Waals surface area contributed by atoms with Crippen molar-refractivity contribution in [3.63, 3.8) is 0 Å². The van der Waals surface area contributed by atoms with Gasteiger partial charge in [-0.25, -0.2) is 0 Å². The van der Waals surface area contributed by atoms with Gasteiger partial charge in [0.15, 0.2) is 0 Å². The number of hydrogen-bond donors (Lipinski definition) is 0. The molecule has 0 radical (unpaired) electrons. The SMILES string of the molecule is c1ccc(-c2cccc(-c3c4c(c(-c5cccc(-c6ccccc6)c5)c5ccccc35)=c3ccc5c6c(ccc=4c36)=c3c(-c4cc(-c6ccccc6)cc(-c6ccccc6)c4)c4cc6ccccc6cc4c(-c4cc(-c6ccccc6)cc(-c6ccccc6)c4)c3=5)c2)cc1. The molecule has 2 aliphatic carbocycles. The zero-order valence-corrected chi connectivity index (χ0v) is 51.5. The van der Waals surface area contributed by atoms with Crippen LogP contribution in [0.3, 0.4) is 0 Å². The first kappa shape index (κ1) is 53.6. The average Bonchev–Trinajstić information content (AvgIpc) is 1.50. The van der Waals surface area contributed by atoms with Crippen LogP contribution >= 0.6 is 0 Å². The Morgan fingerprint density at radius 3 is 0.660 bits per heavy atom. The Hall–Kier alpha value is -12.2. The van der Waals surface area contributed by atoms with Crippen LogP contribution in [0.4, 0.5) is 0 Å². The smallest absolute Gasteiger partial charge is 0.000739 e. The zero-order chi connectivity index (χ0) is 61.8. The normalized spacial score (nSPS) is 11.8. The van der Waals surface area contributed by atoms with Gasteiger partial charge in [-0.3, -0.25) is 0 Å².